The Bertz CT molecular complexity index is 883. The lowest BCUT2D eigenvalue weighted by molar-refractivity contribution is 0.211. The van der Waals surface area contributed by atoms with Crippen molar-refractivity contribution in [2.45, 2.75) is 19.4 Å². The number of nitrogens with zero attached hydrogens (tertiary/aromatic N) is 2. The number of urea groups is 1. The van der Waals surface area contributed by atoms with E-state index in [1.54, 1.807) is 0 Å². The molecular formula is C23H29ClN4O2. The summed E-state index contributed by atoms with van der Waals surface area (Å²) >= 11 is 6.17. The number of para-hydroxylation sites is 1. The highest BCUT2D eigenvalue weighted by Gasteiger charge is 2.21. The van der Waals surface area contributed by atoms with Crippen LogP contribution >= 0.6 is 11.6 Å². The number of fused-ring (bicyclic) bond motifs is 1. The van der Waals surface area contributed by atoms with E-state index in [1.807, 2.05) is 36.4 Å². The topological polar surface area (TPSA) is 56.8 Å². The molecule has 2 aromatic carbocycles. The van der Waals surface area contributed by atoms with E-state index >= 15 is 0 Å². The summed E-state index contributed by atoms with van der Waals surface area (Å²) in [5, 5.41) is 6.78. The molecule has 2 heterocycles. The number of amides is 2. The normalized spacial score (nSPS) is 19.0. The number of piperazine rings is 1. The molecule has 30 heavy (non-hydrogen) atoms. The van der Waals surface area contributed by atoms with Gasteiger partial charge in [-0.15, -0.1) is 0 Å². The van der Waals surface area contributed by atoms with Crippen molar-refractivity contribution in [2.24, 2.45) is 0 Å². The number of carbonyl (C=O) groups is 1. The number of hydrogen-bond acceptors (Lipinski definition) is 4. The summed E-state index contributed by atoms with van der Waals surface area (Å²) in [5.41, 5.74) is 3.61. The van der Waals surface area contributed by atoms with Crippen molar-refractivity contribution in [2.75, 3.05) is 50.8 Å². The SMILES string of the molecule is Cc1ccc(Cl)cc1N1CCN(CCNC(=O)N[C@H]2COc3ccccc3C2)CC1. The first-order chi connectivity index (χ1) is 14.6. The molecule has 2 aromatic rings. The Balaban J connectivity index is 1.16. The van der Waals surface area contributed by atoms with Crippen LogP contribution in [0, 0.1) is 6.92 Å². The number of anilines is 1. The number of nitrogens with one attached hydrogen (secondary N) is 2. The van der Waals surface area contributed by atoms with Gasteiger partial charge in [0.15, 0.2) is 0 Å². The first-order valence-electron chi connectivity index (χ1n) is 10.6. The first-order valence-corrected chi connectivity index (χ1v) is 10.9. The summed E-state index contributed by atoms with van der Waals surface area (Å²) in [6.07, 6.45) is 0.800. The fourth-order valence-electron chi connectivity index (χ4n) is 4.12. The van der Waals surface area contributed by atoms with Crippen LogP contribution in [0.5, 0.6) is 5.75 Å². The smallest absolute Gasteiger partial charge is 0.315 e. The number of rotatable bonds is 5. The molecule has 1 atom stereocenters. The maximum Gasteiger partial charge on any atom is 0.315 e. The maximum absolute atomic E-state index is 12.3. The van der Waals surface area contributed by atoms with Crippen LogP contribution in [0.15, 0.2) is 42.5 Å². The minimum Gasteiger partial charge on any atom is -0.491 e. The molecule has 6 nitrogen and oxygen atoms in total. The molecule has 0 aliphatic carbocycles. The van der Waals surface area contributed by atoms with E-state index in [-0.39, 0.29) is 12.1 Å². The Kier molecular flexibility index (Phi) is 6.65. The van der Waals surface area contributed by atoms with Gasteiger partial charge in [-0.1, -0.05) is 35.9 Å². The van der Waals surface area contributed by atoms with Crippen LogP contribution < -0.4 is 20.3 Å². The van der Waals surface area contributed by atoms with Crippen LogP contribution in [0.1, 0.15) is 11.1 Å². The minimum atomic E-state index is -0.129. The van der Waals surface area contributed by atoms with Crippen molar-refractivity contribution in [1.82, 2.24) is 15.5 Å². The Morgan fingerprint density at radius 1 is 1.17 bits per heavy atom. The van der Waals surface area contributed by atoms with Crippen molar-refractivity contribution in [3.63, 3.8) is 0 Å². The van der Waals surface area contributed by atoms with Gasteiger partial charge in [0.1, 0.15) is 12.4 Å². The van der Waals surface area contributed by atoms with E-state index in [4.69, 9.17) is 16.3 Å². The van der Waals surface area contributed by atoms with E-state index < -0.39 is 0 Å². The van der Waals surface area contributed by atoms with Gasteiger partial charge < -0.3 is 20.3 Å². The number of ether oxygens (including phenoxy) is 1. The summed E-state index contributed by atoms with van der Waals surface area (Å²) in [6, 6.07) is 13.9. The lowest BCUT2D eigenvalue weighted by atomic mass is 10.0. The van der Waals surface area contributed by atoms with Gasteiger partial charge in [0, 0.05) is 50.0 Å². The van der Waals surface area contributed by atoms with Crippen molar-refractivity contribution >= 4 is 23.3 Å². The second kappa shape index (κ2) is 9.58. The Hall–Kier alpha value is -2.44. The molecule has 2 amide bonds. The third-order valence-electron chi connectivity index (χ3n) is 5.81. The van der Waals surface area contributed by atoms with Crippen LogP contribution in [-0.4, -0.2) is 62.8 Å². The summed E-state index contributed by atoms with van der Waals surface area (Å²) in [4.78, 5) is 17.0. The molecule has 0 unspecified atom stereocenters. The molecule has 2 aliphatic heterocycles. The van der Waals surface area contributed by atoms with Crippen molar-refractivity contribution in [1.29, 1.82) is 0 Å². The fourth-order valence-corrected chi connectivity index (χ4v) is 4.29. The second-order valence-corrected chi connectivity index (χ2v) is 8.42. The number of benzene rings is 2. The highest BCUT2D eigenvalue weighted by molar-refractivity contribution is 6.30. The van der Waals surface area contributed by atoms with E-state index in [9.17, 15) is 4.79 Å². The molecule has 1 fully saturated rings. The van der Waals surface area contributed by atoms with E-state index in [1.165, 1.54) is 11.3 Å². The number of halogens is 1. The van der Waals surface area contributed by atoms with Crippen LogP contribution in [0.4, 0.5) is 10.5 Å². The van der Waals surface area contributed by atoms with Crippen molar-refractivity contribution in [3.05, 3.63) is 58.6 Å². The zero-order valence-corrected chi connectivity index (χ0v) is 18.1. The Morgan fingerprint density at radius 2 is 1.97 bits per heavy atom. The van der Waals surface area contributed by atoms with Gasteiger partial charge in [-0.3, -0.25) is 4.90 Å². The molecule has 0 bridgehead atoms. The maximum atomic E-state index is 12.3. The Morgan fingerprint density at radius 3 is 2.80 bits per heavy atom. The van der Waals surface area contributed by atoms with Crippen LogP contribution in [-0.2, 0) is 6.42 Å². The van der Waals surface area contributed by atoms with Crippen LogP contribution in [0.2, 0.25) is 5.02 Å². The molecule has 2 N–H and O–H groups in total. The van der Waals surface area contributed by atoms with Crippen molar-refractivity contribution in [3.8, 4) is 5.75 Å². The molecule has 0 radical (unpaired) electrons. The molecule has 1 saturated heterocycles. The quantitative estimate of drug-likeness (QED) is 0.768. The molecule has 0 aromatic heterocycles. The van der Waals surface area contributed by atoms with E-state index in [2.05, 4.69) is 33.4 Å². The average molecular weight is 429 g/mol. The molecule has 0 saturated carbocycles. The lowest BCUT2D eigenvalue weighted by Gasteiger charge is -2.37. The molecule has 7 heteroatoms. The highest BCUT2D eigenvalue weighted by atomic mass is 35.5. The van der Waals surface area contributed by atoms with Crippen LogP contribution in [0.3, 0.4) is 0 Å². The molecule has 0 spiro atoms. The average Bonchev–Trinajstić information content (AvgIpc) is 2.76. The molecule has 160 valence electrons. The predicted molar refractivity (Wildman–Crippen MR) is 121 cm³/mol. The molecular weight excluding hydrogens is 400 g/mol. The zero-order chi connectivity index (χ0) is 20.9. The summed E-state index contributed by atoms with van der Waals surface area (Å²) in [5.74, 6) is 0.920. The summed E-state index contributed by atoms with van der Waals surface area (Å²) in [7, 11) is 0. The van der Waals surface area contributed by atoms with Gasteiger partial charge in [-0.05, 0) is 42.7 Å². The first kappa shape index (κ1) is 20.8. The summed E-state index contributed by atoms with van der Waals surface area (Å²) < 4.78 is 5.74. The van der Waals surface area contributed by atoms with Gasteiger partial charge in [0.25, 0.3) is 0 Å². The Labute approximate surface area is 183 Å². The predicted octanol–water partition coefficient (Wildman–Crippen LogP) is 3.07. The van der Waals surface area contributed by atoms with Gasteiger partial charge in [-0.25, -0.2) is 4.79 Å². The zero-order valence-electron chi connectivity index (χ0n) is 17.4. The summed E-state index contributed by atoms with van der Waals surface area (Å²) in [6.45, 7) is 7.99. The fraction of sp³-hybridized carbons (Fsp3) is 0.435. The monoisotopic (exact) mass is 428 g/mol. The molecule has 2 aliphatic rings. The second-order valence-electron chi connectivity index (χ2n) is 7.98. The highest BCUT2D eigenvalue weighted by Crippen LogP contribution is 2.25. The minimum absolute atomic E-state index is 0.00406. The van der Waals surface area contributed by atoms with Gasteiger partial charge in [0.2, 0.25) is 0 Å². The standard InChI is InChI=1S/C23H29ClN4O2/c1-17-6-7-19(24)15-21(17)28-12-10-27(11-13-28)9-8-25-23(29)26-20-14-18-4-2-3-5-22(18)30-16-20/h2-7,15,20H,8-14,16H2,1H3,(H2,25,26,29)/t20-/m1/s1. The number of carbonyl (C=O) groups excluding carboxylic acids is 1. The van der Waals surface area contributed by atoms with E-state index in [0.717, 1.165) is 55.5 Å². The lowest BCUT2D eigenvalue weighted by Crippen LogP contribution is -2.51. The van der Waals surface area contributed by atoms with Gasteiger partial charge in [-0.2, -0.15) is 0 Å². The largest absolute Gasteiger partial charge is 0.491 e. The van der Waals surface area contributed by atoms with E-state index in [0.29, 0.717) is 13.2 Å². The molecule has 4 rings (SSSR count). The van der Waals surface area contributed by atoms with Crippen molar-refractivity contribution < 1.29 is 9.53 Å². The number of aryl methyl sites for hydroxylation is 1. The van der Waals surface area contributed by atoms with Gasteiger partial charge in [0.05, 0.1) is 6.04 Å². The third-order valence-corrected chi connectivity index (χ3v) is 6.05. The van der Waals surface area contributed by atoms with Crippen LogP contribution in [0.25, 0.3) is 0 Å². The number of hydrogen-bond donors (Lipinski definition) is 2. The van der Waals surface area contributed by atoms with Gasteiger partial charge >= 0.3 is 6.03 Å². The third kappa shape index (κ3) is 5.18.